The van der Waals surface area contributed by atoms with Gasteiger partial charge in [-0.05, 0) is 38.0 Å². The Bertz CT molecular complexity index is 589. The van der Waals surface area contributed by atoms with E-state index in [4.69, 9.17) is 15.2 Å². The highest BCUT2D eigenvalue weighted by Gasteiger charge is 2.12. The molecule has 1 aromatic carbocycles. The van der Waals surface area contributed by atoms with Crippen LogP contribution in [0.5, 0.6) is 5.75 Å². The molecule has 0 bridgehead atoms. The number of ether oxygens (including phenoxy) is 2. The molecule has 1 aromatic rings. The Morgan fingerprint density at radius 3 is 2.63 bits per heavy atom. The zero-order chi connectivity index (χ0) is 18.8. The number of carbonyl (C=O) groups excluding carboxylic acids is 1. The Hall–Kier alpha value is -1.55. The van der Waals surface area contributed by atoms with E-state index in [1.54, 1.807) is 0 Å². The van der Waals surface area contributed by atoms with Crippen LogP contribution in [0.25, 0.3) is 0 Å². The van der Waals surface area contributed by atoms with Crippen molar-refractivity contribution in [1.82, 2.24) is 10.2 Å². The third kappa shape index (κ3) is 8.34. The summed E-state index contributed by atoms with van der Waals surface area (Å²) in [6.07, 6.45) is 1.11. The van der Waals surface area contributed by atoms with Crippen molar-refractivity contribution in [2.45, 2.75) is 32.7 Å². The van der Waals surface area contributed by atoms with Crippen molar-refractivity contribution in [3.05, 3.63) is 29.8 Å². The first-order valence-electron chi connectivity index (χ1n) is 9.25. The summed E-state index contributed by atoms with van der Waals surface area (Å²) in [5, 5.41) is 3.01. The molecule has 1 unspecified atom stereocenters. The van der Waals surface area contributed by atoms with Gasteiger partial charge in [0.25, 0.3) is 0 Å². The van der Waals surface area contributed by atoms with Crippen molar-refractivity contribution >= 4 is 35.8 Å². The number of carbonyl (C=O) groups is 1. The first-order chi connectivity index (χ1) is 12.6. The van der Waals surface area contributed by atoms with Gasteiger partial charge in [0.15, 0.2) is 5.96 Å². The number of hydrogen-bond acceptors (Lipinski definition) is 4. The summed E-state index contributed by atoms with van der Waals surface area (Å²) < 4.78 is 10.7. The van der Waals surface area contributed by atoms with E-state index in [-0.39, 0.29) is 35.9 Å². The van der Waals surface area contributed by atoms with Crippen LogP contribution in [-0.2, 0) is 9.53 Å². The van der Waals surface area contributed by atoms with Crippen molar-refractivity contribution in [3.63, 3.8) is 0 Å². The number of guanidine groups is 1. The second-order valence-electron chi connectivity index (χ2n) is 6.23. The maximum absolute atomic E-state index is 12.1. The molecule has 0 aromatic heterocycles. The predicted octanol–water partition coefficient (Wildman–Crippen LogP) is 2.31. The molecule has 1 aliphatic heterocycles. The van der Waals surface area contributed by atoms with Crippen LogP contribution < -0.4 is 15.8 Å². The molecule has 0 spiro atoms. The quantitative estimate of drug-likeness (QED) is 0.253. The number of rotatable bonds is 8. The predicted molar refractivity (Wildman–Crippen MR) is 118 cm³/mol. The maximum Gasteiger partial charge on any atom is 0.220 e. The van der Waals surface area contributed by atoms with Crippen LogP contribution in [0, 0.1) is 0 Å². The van der Waals surface area contributed by atoms with Gasteiger partial charge in [0.1, 0.15) is 5.75 Å². The molecule has 27 heavy (non-hydrogen) atoms. The SMILES string of the molecule is CCOc1ccc(C(C)NC(=O)CCCN=C(N)N2CCOCC2)cc1.I. The highest BCUT2D eigenvalue weighted by Crippen LogP contribution is 2.17. The van der Waals surface area contributed by atoms with Gasteiger partial charge in [-0.3, -0.25) is 9.79 Å². The van der Waals surface area contributed by atoms with E-state index in [0.717, 1.165) is 24.4 Å². The monoisotopic (exact) mass is 490 g/mol. The normalized spacial score (nSPS) is 15.6. The van der Waals surface area contributed by atoms with Crippen molar-refractivity contribution < 1.29 is 14.3 Å². The minimum absolute atomic E-state index is 0. The van der Waals surface area contributed by atoms with Crippen molar-refractivity contribution in [3.8, 4) is 5.75 Å². The molecule has 1 fully saturated rings. The van der Waals surface area contributed by atoms with Crippen molar-refractivity contribution in [1.29, 1.82) is 0 Å². The summed E-state index contributed by atoms with van der Waals surface area (Å²) in [7, 11) is 0. The number of benzene rings is 1. The number of amides is 1. The lowest BCUT2D eigenvalue weighted by molar-refractivity contribution is -0.121. The number of nitrogens with one attached hydrogen (secondary N) is 1. The average Bonchev–Trinajstić information content (AvgIpc) is 2.66. The number of hydrogen-bond donors (Lipinski definition) is 2. The molecule has 7 nitrogen and oxygen atoms in total. The van der Waals surface area contributed by atoms with Crippen LogP contribution in [0.1, 0.15) is 38.3 Å². The summed E-state index contributed by atoms with van der Waals surface area (Å²) in [5.74, 6) is 1.40. The lowest BCUT2D eigenvalue weighted by Gasteiger charge is -2.27. The molecule has 1 heterocycles. The zero-order valence-corrected chi connectivity index (χ0v) is 18.5. The second kappa shape index (κ2) is 12.8. The Balaban J connectivity index is 0.00000364. The minimum Gasteiger partial charge on any atom is -0.494 e. The Kier molecular flexibility index (Phi) is 11.1. The van der Waals surface area contributed by atoms with Gasteiger partial charge < -0.3 is 25.4 Å². The molecule has 1 atom stereocenters. The van der Waals surface area contributed by atoms with Gasteiger partial charge in [0.2, 0.25) is 5.91 Å². The molecule has 1 aliphatic rings. The summed E-state index contributed by atoms with van der Waals surface area (Å²) in [5.41, 5.74) is 7.02. The number of nitrogens with two attached hydrogens (primary N) is 1. The average molecular weight is 490 g/mol. The number of morpholine rings is 1. The first-order valence-corrected chi connectivity index (χ1v) is 9.25. The number of halogens is 1. The summed E-state index contributed by atoms with van der Waals surface area (Å²) in [6, 6.07) is 7.75. The molecule has 3 N–H and O–H groups in total. The molecule has 0 saturated carbocycles. The number of nitrogens with zero attached hydrogens (tertiary/aromatic N) is 2. The molecular weight excluding hydrogens is 459 g/mol. The van der Waals surface area contributed by atoms with E-state index in [1.807, 2.05) is 43.0 Å². The molecule has 0 radical (unpaired) electrons. The van der Waals surface area contributed by atoms with E-state index in [9.17, 15) is 4.79 Å². The highest BCUT2D eigenvalue weighted by atomic mass is 127. The lowest BCUT2D eigenvalue weighted by Crippen LogP contribution is -2.44. The molecular formula is C19H31IN4O3. The maximum atomic E-state index is 12.1. The van der Waals surface area contributed by atoms with Crippen molar-refractivity contribution in [2.75, 3.05) is 39.5 Å². The molecule has 0 aliphatic carbocycles. The zero-order valence-electron chi connectivity index (χ0n) is 16.1. The fraction of sp³-hybridized carbons (Fsp3) is 0.579. The molecule has 2 rings (SSSR count). The van der Waals surface area contributed by atoms with Crippen LogP contribution in [-0.4, -0.2) is 56.2 Å². The Morgan fingerprint density at radius 2 is 2.00 bits per heavy atom. The van der Waals surface area contributed by atoms with Gasteiger partial charge >= 0.3 is 0 Å². The minimum atomic E-state index is -0.0416. The summed E-state index contributed by atoms with van der Waals surface area (Å²) in [6.45, 7) is 8.03. The lowest BCUT2D eigenvalue weighted by atomic mass is 10.1. The van der Waals surface area contributed by atoms with Crippen LogP contribution in [0.2, 0.25) is 0 Å². The van der Waals surface area contributed by atoms with Gasteiger partial charge in [0.05, 0.1) is 25.9 Å². The van der Waals surface area contributed by atoms with Crippen LogP contribution in [0.3, 0.4) is 0 Å². The van der Waals surface area contributed by atoms with Crippen molar-refractivity contribution in [2.24, 2.45) is 10.7 Å². The van der Waals surface area contributed by atoms with Gasteiger partial charge in [-0.1, -0.05) is 12.1 Å². The van der Waals surface area contributed by atoms with Crippen LogP contribution in [0.4, 0.5) is 0 Å². The van der Waals surface area contributed by atoms with E-state index >= 15 is 0 Å². The molecule has 152 valence electrons. The van der Waals surface area contributed by atoms with E-state index < -0.39 is 0 Å². The van der Waals surface area contributed by atoms with Crippen LogP contribution in [0.15, 0.2) is 29.3 Å². The molecule has 1 saturated heterocycles. The fourth-order valence-electron chi connectivity index (χ4n) is 2.74. The fourth-order valence-corrected chi connectivity index (χ4v) is 2.74. The Labute approximate surface area is 178 Å². The van der Waals surface area contributed by atoms with Gasteiger partial charge in [-0.2, -0.15) is 0 Å². The second-order valence-corrected chi connectivity index (χ2v) is 6.23. The first kappa shape index (κ1) is 23.5. The van der Waals surface area contributed by atoms with Gasteiger partial charge in [-0.15, -0.1) is 24.0 Å². The van der Waals surface area contributed by atoms with Gasteiger partial charge in [0, 0.05) is 26.1 Å². The van der Waals surface area contributed by atoms with E-state index in [2.05, 4.69) is 10.3 Å². The Morgan fingerprint density at radius 1 is 1.33 bits per heavy atom. The highest BCUT2D eigenvalue weighted by molar-refractivity contribution is 14.0. The summed E-state index contributed by atoms with van der Waals surface area (Å²) in [4.78, 5) is 18.5. The van der Waals surface area contributed by atoms with E-state index in [0.29, 0.717) is 45.2 Å². The third-order valence-corrected chi connectivity index (χ3v) is 4.24. The van der Waals surface area contributed by atoms with Gasteiger partial charge in [-0.25, -0.2) is 0 Å². The topological polar surface area (TPSA) is 89.2 Å². The molecule has 8 heteroatoms. The standard InChI is InChI=1S/C19H30N4O3.HI/c1-3-26-17-8-6-16(7-9-17)15(2)22-18(24)5-4-10-21-19(20)23-11-13-25-14-12-23;/h6-9,15H,3-5,10-14H2,1-2H3,(H2,20,21)(H,22,24);1H. The molecule has 1 amide bonds. The smallest absolute Gasteiger partial charge is 0.220 e. The number of aliphatic imine (C=N–C) groups is 1. The summed E-state index contributed by atoms with van der Waals surface area (Å²) >= 11 is 0. The third-order valence-electron chi connectivity index (χ3n) is 4.24. The van der Waals surface area contributed by atoms with Crippen LogP contribution >= 0.6 is 24.0 Å². The van der Waals surface area contributed by atoms with E-state index in [1.165, 1.54) is 0 Å². The largest absolute Gasteiger partial charge is 0.494 e.